The molecule has 1 aromatic carbocycles. The van der Waals surface area contributed by atoms with E-state index in [9.17, 15) is 9.59 Å². The summed E-state index contributed by atoms with van der Waals surface area (Å²) in [6.07, 6.45) is -0.149. The number of carbonyl (C=O) groups is 2. The molecular weight excluding hydrogens is 290 g/mol. The summed E-state index contributed by atoms with van der Waals surface area (Å²) in [5, 5.41) is 12.6. The Kier molecular flexibility index (Phi) is 3.62. The summed E-state index contributed by atoms with van der Waals surface area (Å²) in [6, 6.07) is 8.41. The number of para-hydroxylation sites is 2. The van der Waals surface area contributed by atoms with Crippen molar-refractivity contribution in [2.24, 2.45) is 0 Å². The molecule has 1 atom stereocenters. The molecule has 0 unspecified atom stereocenters. The molecule has 1 aliphatic heterocycles. The number of nitrogens with zero attached hydrogens (tertiary/aromatic N) is 1. The van der Waals surface area contributed by atoms with Gasteiger partial charge in [-0.1, -0.05) is 12.1 Å². The third kappa shape index (κ3) is 2.62. The highest BCUT2D eigenvalue weighted by Gasteiger charge is 2.34. The van der Waals surface area contributed by atoms with Crippen LogP contribution in [-0.4, -0.2) is 29.6 Å². The molecule has 1 N–H and O–H groups in total. The van der Waals surface area contributed by atoms with Gasteiger partial charge in [0.05, 0.1) is 23.7 Å². The van der Waals surface area contributed by atoms with Crippen molar-refractivity contribution >= 4 is 28.9 Å². The molecule has 0 fully saturated rings. The number of rotatable bonds is 3. The average Bonchev–Trinajstić information content (AvgIpc) is 3.00. The first-order valence-electron chi connectivity index (χ1n) is 6.46. The zero-order valence-corrected chi connectivity index (χ0v) is 11.9. The van der Waals surface area contributed by atoms with E-state index in [1.54, 1.807) is 29.6 Å². The van der Waals surface area contributed by atoms with Crippen molar-refractivity contribution in [3.63, 3.8) is 0 Å². The highest BCUT2D eigenvalue weighted by molar-refractivity contribution is 7.08. The van der Waals surface area contributed by atoms with Crippen LogP contribution in [0.25, 0.3) is 0 Å². The smallest absolute Gasteiger partial charge is 0.305 e. The van der Waals surface area contributed by atoms with Crippen molar-refractivity contribution in [1.82, 2.24) is 0 Å². The first kappa shape index (κ1) is 13.6. The molecule has 2 heterocycles. The Morgan fingerprint density at radius 1 is 1.33 bits per heavy atom. The van der Waals surface area contributed by atoms with E-state index in [2.05, 4.69) is 0 Å². The van der Waals surface area contributed by atoms with Crippen molar-refractivity contribution in [3.05, 3.63) is 46.7 Å². The number of aliphatic carboxylic acids is 1. The van der Waals surface area contributed by atoms with Crippen LogP contribution in [0.1, 0.15) is 16.8 Å². The van der Waals surface area contributed by atoms with E-state index >= 15 is 0 Å². The van der Waals surface area contributed by atoms with Crippen LogP contribution in [0.15, 0.2) is 41.1 Å². The standard InChI is InChI=1S/C15H13NO4S/c17-14(18)7-11-8-20-13-4-2-1-3-12(13)16(11)15(19)10-5-6-21-9-10/h1-6,9,11H,7-8H2,(H,17,18)/t11-/m1/s1. The topological polar surface area (TPSA) is 66.8 Å². The SMILES string of the molecule is O=C(O)C[C@@H]1COc2ccccc2N1C(=O)c1ccsc1. The Labute approximate surface area is 125 Å². The summed E-state index contributed by atoms with van der Waals surface area (Å²) < 4.78 is 5.58. The van der Waals surface area contributed by atoms with Crippen molar-refractivity contribution in [1.29, 1.82) is 0 Å². The Morgan fingerprint density at radius 3 is 2.86 bits per heavy atom. The summed E-state index contributed by atoms with van der Waals surface area (Å²) >= 11 is 1.43. The first-order valence-corrected chi connectivity index (χ1v) is 7.40. The summed E-state index contributed by atoms with van der Waals surface area (Å²) in [5.74, 6) is -0.549. The van der Waals surface area contributed by atoms with Crippen LogP contribution in [-0.2, 0) is 4.79 Å². The second kappa shape index (κ2) is 5.57. The fourth-order valence-electron chi connectivity index (χ4n) is 2.39. The number of anilines is 1. The van der Waals surface area contributed by atoms with Crippen molar-refractivity contribution < 1.29 is 19.4 Å². The van der Waals surface area contributed by atoms with Gasteiger partial charge in [-0.2, -0.15) is 11.3 Å². The lowest BCUT2D eigenvalue weighted by molar-refractivity contribution is -0.137. The van der Waals surface area contributed by atoms with Crippen LogP contribution in [0.4, 0.5) is 5.69 Å². The van der Waals surface area contributed by atoms with E-state index in [-0.39, 0.29) is 18.9 Å². The molecule has 1 aromatic heterocycles. The van der Waals surface area contributed by atoms with E-state index in [0.29, 0.717) is 17.0 Å². The predicted molar refractivity (Wildman–Crippen MR) is 79.1 cm³/mol. The van der Waals surface area contributed by atoms with Gasteiger partial charge >= 0.3 is 5.97 Å². The lowest BCUT2D eigenvalue weighted by atomic mass is 10.1. The van der Waals surface area contributed by atoms with Crippen LogP contribution < -0.4 is 9.64 Å². The Balaban J connectivity index is 2.01. The normalized spacial score (nSPS) is 17.0. The third-order valence-electron chi connectivity index (χ3n) is 3.32. The van der Waals surface area contributed by atoms with Crippen molar-refractivity contribution in [3.8, 4) is 5.75 Å². The second-order valence-electron chi connectivity index (χ2n) is 4.72. The van der Waals surface area contributed by atoms with Crippen LogP contribution >= 0.6 is 11.3 Å². The lowest BCUT2D eigenvalue weighted by Gasteiger charge is -2.36. The van der Waals surface area contributed by atoms with Gasteiger partial charge in [0.2, 0.25) is 0 Å². The predicted octanol–water partition coefficient (Wildman–Crippen LogP) is 2.63. The number of carbonyl (C=O) groups excluding carboxylic acids is 1. The van der Waals surface area contributed by atoms with Gasteiger partial charge in [0.15, 0.2) is 0 Å². The first-order chi connectivity index (χ1) is 10.2. The zero-order valence-electron chi connectivity index (χ0n) is 11.1. The van der Waals surface area contributed by atoms with E-state index in [1.807, 2.05) is 11.4 Å². The number of carboxylic acids is 1. The van der Waals surface area contributed by atoms with E-state index in [4.69, 9.17) is 9.84 Å². The number of thiophene rings is 1. The minimum Gasteiger partial charge on any atom is -0.489 e. The van der Waals surface area contributed by atoms with E-state index in [0.717, 1.165) is 0 Å². The van der Waals surface area contributed by atoms with Crippen LogP contribution in [0.2, 0.25) is 0 Å². The number of amides is 1. The van der Waals surface area contributed by atoms with Gasteiger partial charge in [-0.15, -0.1) is 0 Å². The molecule has 0 saturated heterocycles. The van der Waals surface area contributed by atoms with Gasteiger partial charge in [0.25, 0.3) is 5.91 Å². The maximum Gasteiger partial charge on any atom is 0.305 e. The molecule has 2 aromatic rings. The van der Waals surface area contributed by atoms with Crippen LogP contribution in [0.5, 0.6) is 5.75 Å². The van der Waals surface area contributed by atoms with Crippen LogP contribution in [0.3, 0.4) is 0 Å². The van der Waals surface area contributed by atoms with E-state index in [1.165, 1.54) is 16.2 Å². The number of hydrogen-bond donors (Lipinski definition) is 1. The van der Waals surface area contributed by atoms with Crippen molar-refractivity contribution in [2.75, 3.05) is 11.5 Å². The molecule has 0 saturated carbocycles. The Hall–Kier alpha value is -2.34. The molecule has 5 nitrogen and oxygen atoms in total. The minimum atomic E-state index is -0.953. The van der Waals surface area contributed by atoms with Gasteiger partial charge < -0.3 is 9.84 Å². The maximum absolute atomic E-state index is 12.7. The molecular formula is C15H13NO4S. The monoisotopic (exact) mass is 303 g/mol. The number of fused-ring (bicyclic) bond motifs is 1. The molecule has 21 heavy (non-hydrogen) atoms. The Bertz CT molecular complexity index is 668. The number of hydrogen-bond acceptors (Lipinski definition) is 4. The van der Waals surface area contributed by atoms with Gasteiger partial charge in [-0.25, -0.2) is 0 Å². The molecule has 0 radical (unpaired) electrons. The molecule has 1 aliphatic rings. The molecule has 0 spiro atoms. The molecule has 6 heteroatoms. The largest absolute Gasteiger partial charge is 0.489 e. The fourth-order valence-corrected chi connectivity index (χ4v) is 3.02. The molecule has 0 bridgehead atoms. The van der Waals surface area contributed by atoms with E-state index < -0.39 is 12.0 Å². The second-order valence-corrected chi connectivity index (χ2v) is 5.50. The molecule has 1 amide bonds. The quantitative estimate of drug-likeness (QED) is 0.946. The van der Waals surface area contributed by atoms with Crippen LogP contribution in [0, 0.1) is 0 Å². The molecule has 3 rings (SSSR count). The fraction of sp³-hybridized carbons (Fsp3) is 0.200. The molecule has 108 valence electrons. The van der Waals surface area contributed by atoms with Gasteiger partial charge in [-0.05, 0) is 23.6 Å². The Morgan fingerprint density at radius 2 is 2.14 bits per heavy atom. The summed E-state index contributed by atoms with van der Waals surface area (Å²) in [5.41, 5.74) is 1.18. The minimum absolute atomic E-state index is 0.149. The zero-order chi connectivity index (χ0) is 14.8. The summed E-state index contributed by atoms with van der Waals surface area (Å²) in [6.45, 7) is 0.180. The number of ether oxygens (including phenoxy) is 1. The van der Waals surface area contributed by atoms with Gasteiger partial charge in [0.1, 0.15) is 12.4 Å². The molecule has 0 aliphatic carbocycles. The maximum atomic E-state index is 12.7. The van der Waals surface area contributed by atoms with Gasteiger partial charge in [-0.3, -0.25) is 14.5 Å². The summed E-state index contributed by atoms with van der Waals surface area (Å²) in [7, 11) is 0. The lowest BCUT2D eigenvalue weighted by Crippen LogP contribution is -2.47. The average molecular weight is 303 g/mol. The number of benzene rings is 1. The third-order valence-corrected chi connectivity index (χ3v) is 4.00. The summed E-state index contributed by atoms with van der Waals surface area (Å²) in [4.78, 5) is 25.3. The number of carboxylic acid groups (broad SMARTS) is 1. The highest BCUT2D eigenvalue weighted by Crippen LogP contribution is 2.35. The van der Waals surface area contributed by atoms with Crippen molar-refractivity contribution in [2.45, 2.75) is 12.5 Å². The van der Waals surface area contributed by atoms with Gasteiger partial charge in [0, 0.05) is 5.38 Å². The highest BCUT2D eigenvalue weighted by atomic mass is 32.1.